The van der Waals surface area contributed by atoms with E-state index >= 15 is 0 Å². The molecule has 3 fully saturated rings. The molecule has 2 aliphatic heterocycles. The number of Topliss-reactive ketones (excluding diaryl/α,β-unsaturated/α-hetero) is 1. The summed E-state index contributed by atoms with van der Waals surface area (Å²) >= 11 is 0. The SMILES string of the molecule is CCCCC(=O)[C@@H]1[C@@H]2[C@@H]3OO[C@@H](O3)[C@@H]2C[C@@H]1C=O. The summed E-state index contributed by atoms with van der Waals surface area (Å²) in [6, 6.07) is 0. The molecule has 6 atom stereocenters. The van der Waals surface area contributed by atoms with E-state index in [9.17, 15) is 9.59 Å². The molecule has 0 amide bonds. The van der Waals surface area contributed by atoms with E-state index in [0.29, 0.717) is 12.8 Å². The number of unbranched alkanes of at least 4 members (excludes halogenated alkanes) is 1. The van der Waals surface area contributed by atoms with E-state index in [2.05, 4.69) is 6.92 Å². The summed E-state index contributed by atoms with van der Waals surface area (Å²) in [7, 11) is 0. The molecule has 3 rings (SSSR count). The Kier molecular flexibility index (Phi) is 3.21. The monoisotopic (exact) mass is 254 g/mol. The van der Waals surface area contributed by atoms with E-state index in [1.807, 2.05) is 0 Å². The Morgan fingerprint density at radius 3 is 2.83 bits per heavy atom. The summed E-state index contributed by atoms with van der Waals surface area (Å²) < 4.78 is 5.50. The van der Waals surface area contributed by atoms with Crippen LogP contribution in [0, 0.1) is 23.7 Å². The molecule has 0 N–H and O–H groups in total. The van der Waals surface area contributed by atoms with Gasteiger partial charge in [-0.05, 0) is 12.8 Å². The highest BCUT2D eigenvalue weighted by molar-refractivity contribution is 5.85. The lowest BCUT2D eigenvalue weighted by molar-refractivity contribution is -0.339. The number of hydrogen-bond acceptors (Lipinski definition) is 5. The quantitative estimate of drug-likeness (QED) is 0.549. The Morgan fingerprint density at radius 1 is 1.33 bits per heavy atom. The van der Waals surface area contributed by atoms with Crippen LogP contribution in [0.1, 0.15) is 32.6 Å². The zero-order chi connectivity index (χ0) is 12.7. The first-order chi connectivity index (χ1) is 8.76. The molecule has 1 saturated carbocycles. The number of carbonyl (C=O) groups is 2. The molecule has 0 aromatic carbocycles. The number of ether oxygens (including phenoxy) is 1. The van der Waals surface area contributed by atoms with Gasteiger partial charge >= 0.3 is 0 Å². The van der Waals surface area contributed by atoms with Crippen molar-refractivity contribution in [1.82, 2.24) is 0 Å². The number of aldehydes is 1. The second kappa shape index (κ2) is 4.72. The molecule has 2 heterocycles. The maximum atomic E-state index is 12.3. The van der Waals surface area contributed by atoms with E-state index in [1.54, 1.807) is 0 Å². The van der Waals surface area contributed by atoms with Gasteiger partial charge in [-0.25, -0.2) is 9.78 Å². The molecule has 1 aliphatic carbocycles. The number of fused-ring (bicyclic) bond motifs is 5. The van der Waals surface area contributed by atoms with Crippen molar-refractivity contribution in [3.63, 3.8) is 0 Å². The highest BCUT2D eigenvalue weighted by Crippen LogP contribution is 2.54. The Bertz CT molecular complexity index is 355. The minimum atomic E-state index is -0.458. The van der Waals surface area contributed by atoms with Gasteiger partial charge in [0.15, 0.2) is 12.6 Å². The molecule has 5 nitrogen and oxygen atoms in total. The summed E-state index contributed by atoms with van der Waals surface area (Å²) in [6.45, 7) is 2.06. The summed E-state index contributed by atoms with van der Waals surface area (Å²) in [6.07, 6.45) is 3.18. The lowest BCUT2D eigenvalue weighted by Gasteiger charge is -2.24. The molecule has 2 saturated heterocycles. The van der Waals surface area contributed by atoms with Gasteiger partial charge in [-0.1, -0.05) is 13.3 Å². The van der Waals surface area contributed by atoms with Crippen LogP contribution >= 0.6 is 0 Å². The zero-order valence-electron chi connectivity index (χ0n) is 10.4. The smallest absolute Gasteiger partial charge is 0.198 e. The summed E-state index contributed by atoms with van der Waals surface area (Å²) in [5.74, 6) is -0.111. The topological polar surface area (TPSA) is 61.8 Å². The fraction of sp³-hybridized carbons (Fsp3) is 0.846. The van der Waals surface area contributed by atoms with Crippen LogP contribution in [0.15, 0.2) is 0 Å². The molecule has 2 bridgehead atoms. The van der Waals surface area contributed by atoms with E-state index in [0.717, 1.165) is 19.1 Å². The van der Waals surface area contributed by atoms with Crippen LogP contribution in [-0.2, 0) is 24.1 Å². The lowest BCUT2D eigenvalue weighted by atomic mass is 9.82. The Labute approximate surface area is 106 Å². The van der Waals surface area contributed by atoms with E-state index in [1.165, 1.54) is 0 Å². The Balaban J connectivity index is 1.77. The van der Waals surface area contributed by atoms with Crippen molar-refractivity contribution in [1.29, 1.82) is 0 Å². The standard InChI is InChI=1S/C13H18O5/c1-2-3-4-9(15)10-7(6-14)5-8-11(10)13-16-12(8)17-18-13/h6-8,10-13H,2-5H2,1H3/t7-,8-,10-,11-,12-,13+/m1/s1. The summed E-state index contributed by atoms with van der Waals surface area (Å²) in [4.78, 5) is 33.5. The van der Waals surface area contributed by atoms with Crippen molar-refractivity contribution < 1.29 is 24.1 Å². The second-order valence-electron chi connectivity index (χ2n) is 5.44. The third-order valence-electron chi connectivity index (χ3n) is 4.42. The van der Waals surface area contributed by atoms with Crippen molar-refractivity contribution in [2.45, 2.75) is 45.2 Å². The number of rotatable bonds is 5. The third-order valence-corrected chi connectivity index (χ3v) is 4.42. The molecule has 5 heteroatoms. The molecule has 3 aliphatic rings. The molecule has 18 heavy (non-hydrogen) atoms. The van der Waals surface area contributed by atoms with Gasteiger partial charge in [0.25, 0.3) is 0 Å². The first-order valence-electron chi connectivity index (χ1n) is 6.72. The molecule has 0 spiro atoms. The van der Waals surface area contributed by atoms with Gasteiger partial charge in [0, 0.05) is 30.1 Å². The molecule has 100 valence electrons. The fourth-order valence-electron chi connectivity index (χ4n) is 3.56. The average Bonchev–Trinajstić information content (AvgIpc) is 3.05. The van der Waals surface area contributed by atoms with Crippen LogP contribution in [0.2, 0.25) is 0 Å². The highest BCUT2D eigenvalue weighted by Gasteiger charge is 2.62. The molecular weight excluding hydrogens is 236 g/mol. The van der Waals surface area contributed by atoms with E-state index in [-0.39, 0.29) is 35.7 Å². The first-order valence-corrected chi connectivity index (χ1v) is 6.72. The maximum absolute atomic E-state index is 12.3. The second-order valence-corrected chi connectivity index (χ2v) is 5.44. The van der Waals surface area contributed by atoms with Crippen molar-refractivity contribution in [3.05, 3.63) is 0 Å². The average molecular weight is 254 g/mol. The van der Waals surface area contributed by atoms with Crippen molar-refractivity contribution in [2.75, 3.05) is 0 Å². The van der Waals surface area contributed by atoms with Gasteiger partial charge in [-0.15, -0.1) is 0 Å². The molecule has 0 aromatic heterocycles. The highest BCUT2D eigenvalue weighted by atomic mass is 17.3. The number of hydrogen-bond donors (Lipinski definition) is 0. The van der Waals surface area contributed by atoms with Crippen LogP contribution in [0.5, 0.6) is 0 Å². The van der Waals surface area contributed by atoms with Gasteiger partial charge in [-0.3, -0.25) is 4.79 Å². The third kappa shape index (κ3) is 1.73. The summed E-state index contributed by atoms with van der Waals surface area (Å²) in [5.41, 5.74) is 0. The first kappa shape index (κ1) is 12.3. The van der Waals surface area contributed by atoms with Gasteiger partial charge < -0.3 is 9.53 Å². The maximum Gasteiger partial charge on any atom is 0.198 e. The van der Waals surface area contributed by atoms with Crippen LogP contribution in [0.25, 0.3) is 0 Å². The number of ketones is 1. The van der Waals surface area contributed by atoms with Gasteiger partial charge in [0.1, 0.15) is 12.1 Å². The molecular formula is C13H18O5. The van der Waals surface area contributed by atoms with Crippen molar-refractivity contribution in [2.24, 2.45) is 23.7 Å². The van der Waals surface area contributed by atoms with Crippen LogP contribution < -0.4 is 0 Å². The fourth-order valence-corrected chi connectivity index (χ4v) is 3.56. The largest absolute Gasteiger partial charge is 0.317 e. The van der Waals surface area contributed by atoms with Crippen LogP contribution in [0.4, 0.5) is 0 Å². The van der Waals surface area contributed by atoms with Gasteiger partial charge in [0.2, 0.25) is 0 Å². The Morgan fingerprint density at radius 2 is 2.11 bits per heavy atom. The summed E-state index contributed by atoms with van der Waals surface area (Å²) in [5, 5.41) is 0. The minimum Gasteiger partial charge on any atom is -0.317 e. The molecule has 0 aromatic rings. The minimum absolute atomic E-state index is 0.00306. The zero-order valence-corrected chi connectivity index (χ0v) is 10.4. The van der Waals surface area contributed by atoms with Crippen LogP contribution in [0.3, 0.4) is 0 Å². The lowest BCUT2D eigenvalue weighted by Crippen LogP contribution is -2.34. The van der Waals surface area contributed by atoms with Gasteiger partial charge in [-0.2, -0.15) is 0 Å². The predicted octanol–water partition coefficient (Wildman–Crippen LogP) is 1.46. The normalized spacial score (nSPS) is 45.2. The predicted molar refractivity (Wildman–Crippen MR) is 60.0 cm³/mol. The van der Waals surface area contributed by atoms with Crippen molar-refractivity contribution in [3.8, 4) is 0 Å². The number of carbonyl (C=O) groups excluding carboxylic acids is 2. The van der Waals surface area contributed by atoms with Crippen LogP contribution in [-0.4, -0.2) is 24.6 Å². The van der Waals surface area contributed by atoms with E-state index in [4.69, 9.17) is 14.5 Å². The molecule has 0 radical (unpaired) electrons. The Hall–Kier alpha value is -0.780. The molecule has 0 unspecified atom stereocenters. The van der Waals surface area contributed by atoms with Crippen molar-refractivity contribution >= 4 is 12.1 Å². The van der Waals surface area contributed by atoms with E-state index < -0.39 is 6.29 Å². The van der Waals surface area contributed by atoms with Gasteiger partial charge in [0.05, 0.1) is 0 Å².